The van der Waals surface area contributed by atoms with Crippen molar-refractivity contribution >= 4 is 27.5 Å². The Hall–Kier alpha value is -1.07. The highest BCUT2D eigenvalue weighted by Gasteiger charge is 2.19. The first-order chi connectivity index (χ1) is 7.08. The zero-order valence-electron chi connectivity index (χ0n) is 8.08. The van der Waals surface area contributed by atoms with E-state index in [9.17, 15) is 9.90 Å². The Morgan fingerprint density at radius 3 is 3.00 bits per heavy atom. The van der Waals surface area contributed by atoms with Crippen LogP contribution in [0.25, 0.3) is 0 Å². The van der Waals surface area contributed by atoms with Gasteiger partial charge in [0.15, 0.2) is 6.61 Å². The third-order valence-electron chi connectivity index (χ3n) is 2.18. The van der Waals surface area contributed by atoms with Gasteiger partial charge in [-0.05, 0) is 24.6 Å². The molecule has 0 aliphatic carbocycles. The number of hydrogen-bond acceptors (Lipinski definition) is 3. The summed E-state index contributed by atoms with van der Waals surface area (Å²) in [7, 11) is 0. The molecule has 0 unspecified atom stereocenters. The average Bonchev–Trinajstić information content (AvgIpc) is 2.15. The molecule has 1 heterocycles. The summed E-state index contributed by atoms with van der Waals surface area (Å²) < 4.78 is 5.99. The van der Waals surface area contributed by atoms with Crippen LogP contribution in [0.4, 0.5) is 5.69 Å². The molecule has 80 valence electrons. The number of benzene rings is 1. The van der Waals surface area contributed by atoms with Gasteiger partial charge in [0.2, 0.25) is 0 Å². The van der Waals surface area contributed by atoms with E-state index in [1.165, 1.54) is 0 Å². The Morgan fingerprint density at radius 2 is 2.33 bits per heavy atom. The molecule has 1 aliphatic rings. The van der Waals surface area contributed by atoms with E-state index in [0.717, 1.165) is 10.0 Å². The topological polar surface area (TPSA) is 58.6 Å². The van der Waals surface area contributed by atoms with Crippen molar-refractivity contribution in [3.63, 3.8) is 0 Å². The Labute approximate surface area is 95.4 Å². The zero-order chi connectivity index (χ0) is 11.0. The first-order valence-corrected chi connectivity index (χ1v) is 5.31. The molecular formula is C10H10BrNO3. The number of ether oxygens (including phenoxy) is 1. The predicted octanol–water partition coefficient (Wildman–Crippen LogP) is 1.83. The van der Waals surface area contributed by atoms with Crippen LogP contribution in [0.15, 0.2) is 16.6 Å². The molecule has 15 heavy (non-hydrogen) atoms. The van der Waals surface area contributed by atoms with E-state index in [4.69, 9.17) is 4.74 Å². The molecule has 4 nitrogen and oxygen atoms in total. The van der Waals surface area contributed by atoms with Crippen molar-refractivity contribution in [2.75, 3.05) is 11.9 Å². The average molecular weight is 272 g/mol. The summed E-state index contributed by atoms with van der Waals surface area (Å²) >= 11 is 3.33. The van der Waals surface area contributed by atoms with Gasteiger partial charge in [-0.25, -0.2) is 0 Å². The Morgan fingerprint density at radius 1 is 1.60 bits per heavy atom. The zero-order valence-corrected chi connectivity index (χ0v) is 9.67. The highest BCUT2D eigenvalue weighted by atomic mass is 79.9. The maximum Gasteiger partial charge on any atom is 0.262 e. The van der Waals surface area contributed by atoms with Crippen LogP contribution in [0.2, 0.25) is 0 Å². The van der Waals surface area contributed by atoms with Crippen LogP contribution in [-0.4, -0.2) is 17.6 Å². The van der Waals surface area contributed by atoms with Crippen LogP contribution in [0.1, 0.15) is 18.6 Å². The van der Waals surface area contributed by atoms with Gasteiger partial charge in [0.05, 0.1) is 11.8 Å². The molecule has 0 radical (unpaired) electrons. The Balaban J connectivity index is 2.46. The maximum atomic E-state index is 11.1. The second kappa shape index (κ2) is 3.83. The largest absolute Gasteiger partial charge is 0.482 e. The number of anilines is 1. The summed E-state index contributed by atoms with van der Waals surface area (Å²) in [6.45, 7) is 1.70. The van der Waals surface area contributed by atoms with Gasteiger partial charge in [-0.3, -0.25) is 4.79 Å². The summed E-state index contributed by atoms with van der Waals surface area (Å²) in [5.41, 5.74) is 1.37. The summed E-state index contributed by atoms with van der Waals surface area (Å²) in [4.78, 5) is 11.1. The van der Waals surface area contributed by atoms with Crippen LogP contribution in [0.3, 0.4) is 0 Å². The van der Waals surface area contributed by atoms with Crippen molar-refractivity contribution in [2.45, 2.75) is 13.0 Å². The summed E-state index contributed by atoms with van der Waals surface area (Å²) in [5, 5.41) is 12.2. The van der Waals surface area contributed by atoms with Crippen molar-refractivity contribution in [1.82, 2.24) is 0 Å². The van der Waals surface area contributed by atoms with Gasteiger partial charge in [0, 0.05) is 4.47 Å². The normalized spacial score (nSPS) is 16.3. The number of amides is 1. The minimum Gasteiger partial charge on any atom is -0.482 e. The number of nitrogens with one attached hydrogen (secondary N) is 1. The minimum atomic E-state index is -0.578. The fourth-order valence-corrected chi connectivity index (χ4v) is 2.11. The number of fused-ring (bicyclic) bond motifs is 1. The van der Waals surface area contributed by atoms with Gasteiger partial charge in [0.25, 0.3) is 5.91 Å². The molecule has 5 heteroatoms. The van der Waals surface area contributed by atoms with Crippen molar-refractivity contribution in [1.29, 1.82) is 0 Å². The number of hydrogen-bond donors (Lipinski definition) is 2. The van der Waals surface area contributed by atoms with Gasteiger partial charge in [-0.15, -0.1) is 0 Å². The van der Waals surface area contributed by atoms with Gasteiger partial charge in [-0.1, -0.05) is 15.9 Å². The molecule has 2 rings (SSSR count). The first-order valence-electron chi connectivity index (χ1n) is 4.52. The second-order valence-electron chi connectivity index (χ2n) is 3.38. The molecule has 0 saturated heterocycles. The molecule has 0 saturated carbocycles. The number of halogens is 1. The summed E-state index contributed by atoms with van der Waals surface area (Å²) in [6, 6.07) is 3.46. The Kier molecular flexibility index (Phi) is 2.67. The van der Waals surface area contributed by atoms with E-state index < -0.39 is 6.10 Å². The first kappa shape index (κ1) is 10.4. The number of aliphatic hydroxyl groups is 1. The molecule has 0 aromatic heterocycles. The van der Waals surface area contributed by atoms with Crippen molar-refractivity contribution < 1.29 is 14.6 Å². The highest BCUT2D eigenvalue weighted by Crippen LogP contribution is 2.35. The molecule has 0 bridgehead atoms. The molecule has 1 amide bonds. The lowest BCUT2D eigenvalue weighted by molar-refractivity contribution is -0.118. The molecule has 1 atom stereocenters. The number of rotatable bonds is 1. The predicted molar refractivity (Wildman–Crippen MR) is 58.9 cm³/mol. The highest BCUT2D eigenvalue weighted by molar-refractivity contribution is 9.10. The molecule has 0 fully saturated rings. The standard InChI is InChI=1S/C10H10BrNO3/c1-5(13)6-2-9-8(3-7(6)11)12-10(14)4-15-9/h2-3,5,13H,4H2,1H3,(H,12,14)/t5-/m1/s1. The fraction of sp³-hybridized carbons (Fsp3) is 0.300. The van der Waals surface area contributed by atoms with Gasteiger partial charge in [0.1, 0.15) is 5.75 Å². The molecule has 1 aromatic carbocycles. The fourth-order valence-electron chi connectivity index (χ4n) is 1.44. The van der Waals surface area contributed by atoms with Crippen molar-refractivity contribution in [2.24, 2.45) is 0 Å². The van der Waals surface area contributed by atoms with Crippen molar-refractivity contribution in [3.05, 3.63) is 22.2 Å². The summed E-state index contributed by atoms with van der Waals surface area (Å²) in [6.07, 6.45) is -0.578. The number of aliphatic hydroxyl groups excluding tert-OH is 1. The van der Waals surface area contributed by atoms with E-state index in [1.54, 1.807) is 19.1 Å². The lowest BCUT2D eigenvalue weighted by atomic mass is 10.1. The molecule has 2 N–H and O–H groups in total. The van der Waals surface area contributed by atoms with Gasteiger partial charge in [-0.2, -0.15) is 0 Å². The van der Waals surface area contributed by atoms with E-state index in [0.29, 0.717) is 11.4 Å². The third kappa shape index (κ3) is 1.98. The van der Waals surface area contributed by atoms with E-state index in [2.05, 4.69) is 21.2 Å². The lowest BCUT2D eigenvalue weighted by Gasteiger charge is -2.20. The van der Waals surface area contributed by atoms with Crippen LogP contribution < -0.4 is 10.1 Å². The van der Waals surface area contributed by atoms with Crippen LogP contribution in [0.5, 0.6) is 5.75 Å². The number of carbonyl (C=O) groups excluding carboxylic acids is 1. The maximum absolute atomic E-state index is 11.1. The molecular weight excluding hydrogens is 262 g/mol. The Bertz CT molecular complexity index is 417. The smallest absolute Gasteiger partial charge is 0.262 e. The van der Waals surface area contributed by atoms with E-state index >= 15 is 0 Å². The van der Waals surface area contributed by atoms with E-state index in [-0.39, 0.29) is 12.5 Å². The minimum absolute atomic E-state index is 0.0217. The lowest BCUT2D eigenvalue weighted by Crippen LogP contribution is -2.25. The monoisotopic (exact) mass is 271 g/mol. The van der Waals surface area contributed by atoms with Crippen LogP contribution in [-0.2, 0) is 4.79 Å². The third-order valence-corrected chi connectivity index (χ3v) is 2.87. The van der Waals surface area contributed by atoms with Gasteiger partial charge < -0.3 is 15.2 Å². The van der Waals surface area contributed by atoms with Crippen LogP contribution in [0, 0.1) is 0 Å². The van der Waals surface area contributed by atoms with Gasteiger partial charge >= 0.3 is 0 Å². The molecule has 1 aliphatic heterocycles. The van der Waals surface area contributed by atoms with E-state index in [1.807, 2.05) is 0 Å². The van der Waals surface area contributed by atoms with Crippen molar-refractivity contribution in [3.8, 4) is 5.75 Å². The summed E-state index contributed by atoms with van der Waals surface area (Å²) in [5.74, 6) is 0.424. The quantitative estimate of drug-likeness (QED) is 0.820. The number of carbonyl (C=O) groups is 1. The SMILES string of the molecule is C[C@@H](O)c1cc2c(cc1Br)NC(=O)CO2. The molecule has 1 aromatic rings. The second-order valence-corrected chi connectivity index (χ2v) is 4.24. The molecule has 0 spiro atoms. The van der Waals surface area contributed by atoms with Crippen LogP contribution >= 0.6 is 15.9 Å².